The first-order chi connectivity index (χ1) is 9.25. The molecule has 110 valence electrons. The smallest absolute Gasteiger partial charge is 0.311 e. The summed E-state index contributed by atoms with van der Waals surface area (Å²) in [6.45, 7) is 5.54. The van der Waals surface area contributed by atoms with Gasteiger partial charge in [-0.05, 0) is 29.9 Å². The first-order valence-corrected chi connectivity index (χ1v) is 7.06. The summed E-state index contributed by atoms with van der Waals surface area (Å²) < 4.78 is 18.8. The van der Waals surface area contributed by atoms with Gasteiger partial charge in [0.05, 0.1) is 5.92 Å². The molecule has 1 aliphatic carbocycles. The van der Waals surface area contributed by atoms with Crippen molar-refractivity contribution in [2.75, 3.05) is 0 Å². The molecule has 0 bridgehead atoms. The van der Waals surface area contributed by atoms with Gasteiger partial charge in [0.1, 0.15) is 10.3 Å². The highest BCUT2D eigenvalue weighted by molar-refractivity contribution is 6.55. The number of carbonyl (C=O) groups is 1. The highest BCUT2D eigenvalue weighted by atomic mass is 35.5. The van der Waals surface area contributed by atoms with Crippen LogP contribution in [0.15, 0.2) is 22.5 Å². The fourth-order valence-electron chi connectivity index (χ4n) is 2.24. The largest absolute Gasteiger partial charge is 0.441 e. The lowest BCUT2D eigenvalue weighted by molar-refractivity contribution is -0.148. The van der Waals surface area contributed by atoms with Gasteiger partial charge >= 0.3 is 5.97 Å². The maximum absolute atomic E-state index is 13.6. The summed E-state index contributed by atoms with van der Waals surface area (Å²) in [4.78, 5) is 12.1. The molecule has 1 fully saturated rings. The molecule has 0 aliphatic heterocycles. The van der Waals surface area contributed by atoms with Gasteiger partial charge in [-0.25, -0.2) is 4.39 Å². The Kier molecular flexibility index (Phi) is 5.68. The number of carbonyl (C=O) groups excluding carboxylic acids is 1. The van der Waals surface area contributed by atoms with Crippen LogP contribution in [0, 0.1) is 29.6 Å². The molecule has 0 saturated heterocycles. The number of esters is 1. The molecule has 0 heterocycles. The third kappa shape index (κ3) is 3.77. The molecular weight excluding hydrogens is 302 g/mol. The van der Waals surface area contributed by atoms with Crippen LogP contribution in [-0.4, -0.2) is 12.1 Å². The number of terminal acetylenes is 1. The molecular formula is C15H17Cl2FO2. The SMILES string of the molecule is C#CC(OC(=O)[C@@H]1C(C=C(Cl)Cl)C1(C)C)/C(F)=C/CC. The molecule has 20 heavy (non-hydrogen) atoms. The Hall–Kier alpha value is -0.980. The van der Waals surface area contributed by atoms with Gasteiger partial charge in [-0.1, -0.05) is 49.9 Å². The van der Waals surface area contributed by atoms with Crippen molar-refractivity contribution in [2.24, 2.45) is 17.3 Å². The third-order valence-electron chi connectivity index (χ3n) is 3.51. The molecule has 0 amide bonds. The van der Waals surface area contributed by atoms with E-state index in [1.54, 1.807) is 13.0 Å². The van der Waals surface area contributed by atoms with Crippen LogP contribution >= 0.6 is 23.2 Å². The van der Waals surface area contributed by atoms with E-state index in [1.807, 2.05) is 13.8 Å². The highest BCUT2D eigenvalue weighted by Crippen LogP contribution is 2.60. The lowest BCUT2D eigenvalue weighted by Gasteiger charge is -2.11. The molecule has 0 N–H and O–H groups in total. The summed E-state index contributed by atoms with van der Waals surface area (Å²) in [6, 6.07) is 0. The van der Waals surface area contributed by atoms with Gasteiger partial charge in [-0.15, -0.1) is 6.42 Å². The lowest BCUT2D eigenvalue weighted by atomic mass is 10.1. The molecule has 1 aliphatic rings. The molecule has 0 aromatic heterocycles. The summed E-state index contributed by atoms with van der Waals surface area (Å²) >= 11 is 11.2. The summed E-state index contributed by atoms with van der Waals surface area (Å²) in [5.41, 5.74) is -0.323. The minimum atomic E-state index is -1.27. The Morgan fingerprint density at radius 3 is 2.60 bits per heavy atom. The second kappa shape index (κ2) is 6.65. The van der Waals surface area contributed by atoms with Crippen molar-refractivity contribution in [3.63, 3.8) is 0 Å². The molecule has 2 nitrogen and oxygen atoms in total. The van der Waals surface area contributed by atoms with Gasteiger partial charge in [-0.3, -0.25) is 4.79 Å². The van der Waals surface area contributed by atoms with Gasteiger partial charge in [-0.2, -0.15) is 0 Å². The van der Waals surface area contributed by atoms with Crippen LogP contribution in [0.5, 0.6) is 0 Å². The molecule has 0 spiro atoms. The first-order valence-electron chi connectivity index (χ1n) is 6.30. The zero-order valence-corrected chi connectivity index (χ0v) is 13.1. The van der Waals surface area contributed by atoms with E-state index in [1.165, 1.54) is 6.08 Å². The Balaban J connectivity index is 2.76. The molecule has 0 aromatic rings. The maximum atomic E-state index is 13.6. The zero-order chi connectivity index (χ0) is 15.5. The van der Waals surface area contributed by atoms with Crippen LogP contribution in [-0.2, 0) is 9.53 Å². The van der Waals surface area contributed by atoms with Crippen molar-refractivity contribution >= 4 is 29.2 Å². The van der Waals surface area contributed by atoms with Gasteiger partial charge in [0.15, 0.2) is 0 Å². The molecule has 0 aromatic carbocycles. The average molecular weight is 319 g/mol. The maximum Gasteiger partial charge on any atom is 0.311 e. The van der Waals surface area contributed by atoms with Crippen molar-refractivity contribution in [2.45, 2.75) is 33.3 Å². The van der Waals surface area contributed by atoms with Crippen LogP contribution in [0.4, 0.5) is 4.39 Å². The molecule has 1 saturated carbocycles. The molecule has 0 radical (unpaired) electrons. The monoisotopic (exact) mass is 318 g/mol. The highest BCUT2D eigenvalue weighted by Gasteiger charge is 2.62. The predicted octanol–water partition coefficient (Wildman–Crippen LogP) is 4.39. The van der Waals surface area contributed by atoms with E-state index < -0.39 is 23.8 Å². The van der Waals surface area contributed by atoms with Crippen LogP contribution in [0.1, 0.15) is 27.2 Å². The molecule has 3 atom stereocenters. The second-order valence-corrected chi connectivity index (χ2v) is 6.27. The minimum absolute atomic E-state index is 0.101. The van der Waals surface area contributed by atoms with Crippen LogP contribution in [0.3, 0.4) is 0 Å². The van der Waals surface area contributed by atoms with E-state index in [4.69, 9.17) is 34.4 Å². The predicted molar refractivity (Wildman–Crippen MR) is 78.7 cm³/mol. The summed E-state index contributed by atoms with van der Waals surface area (Å²) in [7, 11) is 0. The van der Waals surface area contributed by atoms with Crippen molar-refractivity contribution in [3.05, 3.63) is 22.5 Å². The van der Waals surface area contributed by atoms with E-state index in [-0.39, 0.29) is 15.8 Å². The van der Waals surface area contributed by atoms with Gasteiger partial charge in [0, 0.05) is 0 Å². The number of hydrogen-bond acceptors (Lipinski definition) is 2. The molecule has 1 rings (SSSR count). The van der Waals surface area contributed by atoms with Crippen molar-refractivity contribution in [1.29, 1.82) is 0 Å². The van der Waals surface area contributed by atoms with Crippen molar-refractivity contribution in [3.8, 4) is 12.3 Å². The Bertz CT molecular complexity index is 485. The van der Waals surface area contributed by atoms with Gasteiger partial charge in [0.25, 0.3) is 0 Å². The van der Waals surface area contributed by atoms with Crippen LogP contribution in [0.2, 0.25) is 0 Å². The summed E-state index contributed by atoms with van der Waals surface area (Å²) in [5.74, 6) is 0.430. The minimum Gasteiger partial charge on any atom is -0.441 e. The fraction of sp³-hybridized carbons (Fsp3) is 0.533. The normalized spacial score (nSPS) is 25.4. The van der Waals surface area contributed by atoms with E-state index in [0.717, 1.165) is 0 Å². The van der Waals surface area contributed by atoms with E-state index in [9.17, 15) is 9.18 Å². The first kappa shape index (κ1) is 17.1. The quantitative estimate of drug-likeness (QED) is 0.555. The fourth-order valence-corrected chi connectivity index (χ4v) is 2.51. The summed E-state index contributed by atoms with van der Waals surface area (Å²) in [5, 5.41) is 0. The van der Waals surface area contributed by atoms with Crippen LogP contribution in [0.25, 0.3) is 0 Å². The zero-order valence-electron chi connectivity index (χ0n) is 11.6. The number of ether oxygens (including phenoxy) is 1. The second-order valence-electron chi connectivity index (χ2n) is 5.26. The van der Waals surface area contributed by atoms with E-state index in [2.05, 4.69) is 5.92 Å². The van der Waals surface area contributed by atoms with Gasteiger partial charge in [0.2, 0.25) is 6.10 Å². The van der Waals surface area contributed by atoms with Crippen molar-refractivity contribution < 1.29 is 13.9 Å². The van der Waals surface area contributed by atoms with E-state index >= 15 is 0 Å². The average Bonchev–Trinajstić information content (AvgIpc) is 2.86. The topological polar surface area (TPSA) is 26.3 Å². The van der Waals surface area contributed by atoms with Crippen molar-refractivity contribution in [1.82, 2.24) is 0 Å². The summed E-state index contributed by atoms with van der Waals surface area (Å²) in [6.07, 6.45) is 7.29. The number of hydrogen-bond donors (Lipinski definition) is 0. The lowest BCUT2D eigenvalue weighted by Crippen LogP contribution is -2.20. The van der Waals surface area contributed by atoms with Gasteiger partial charge < -0.3 is 4.74 Å². The number of rotatable bonds is 5. The third-order valence-corrected chi connectivity index (χ3v) is 3.76. The Morgan fingerprint density at radius 1 is 1.55 bits per heavy atom. The standard InChI is InChI=1S/C15H17Cl2FO2/c1-5-7-10(18)11(6-2)20-14(19)13-9(8-12(16)17)15(13,3)4/h2,7-9,11,13H,5H2,1,3-4H3/b10-7-/t9?,11?,13-/m0/s1. The molecule has 5 heteroatoms. The van der Waals surface area contributed by atoms with Crippen LogP contribution < -0.4 is 0 Å². The number of halogens is 3. The molecule has 2 unspecified atom stereocenters. The van der Waals surface area contributed by atoms with E-state index in [0.29, 0.717) is 6.42 Å². The number of allylic oxidation sites excluding steroid dienone is 2. The Labute approximate surface area is 129 Å². The Morgan fingerprint density at radius 2 is 2.15 bits per heavy atom.